The summed E-state index contributed by atoms with van der Waals surface area (Å²) in [6.07, 6.45) is 1.87. The molecule has 1 nitrogen and oxygen atoms in total. The van der Waals surface area contributed by atoms with E-state index in [0.29, 0.717) is 0 Å². The molecule has 0 bridgehead atoms. The zero-order valence-corrected chi connectivity index (χ0v) is 15.3. The van der Waals surface area contributed by atoms with Crippen LogP contribution < -0.4 is 0 Å². The summed E-state index contributed by atoms with van der Waals surface area (Å²) < 4.78 is 0. The third-order valence-corrected chi connectivity index (χ3v) is 5.70. The SMILES string of the molecule is c1ccc(-c2cc3c(ccc4c5ccccc5ccc43)c3ccccc23)nc1. The second-order valence-electron chi connectivity index (χ2n) is 7.23. The Balaban J connectivity index is 1.83. The van der Waals surface area contributed by atoms with E-state index in [-0.39, 0.29) is 0 Å². The van der Waals surface area contributed by atoms with Crippen molar-refractivity contribution in [1.29, 1.82) is 0 Å². The van der Waals surface area contributed by atoms with Gasteiger partial charge in [-0.3, -0.25) is 4.98 Å². The van der Waals surface area contributed by atoms with Gasteiger partial charge in [0.1, 0.15) is 0 Å². The molecule has 0 fully saturated rings. The fourth-order valence-corrected chi connectivity index (χ4v) is 4.41. The molecule has 0 aliphatic heterocycles. The van der Waals surface area contributed by atoms with E-state index >= 15 is 0 Å². The average Bonchev–Trinajstić information content (AvgIpc) is 2.78. The van der Waals surface area contributed by atoms with Crippen LogP contribution in [-0.2, 0) is 0 Å². The second-order valence-corrected chi connectivity index (χ2v) is 7.23. The van der Waals surface area contributed by atoms with Gasteiger partial charge in [-0.15, -0.1) is 0 Å². The van der Waals surface area contributed by atoms with Gasteiger partial charge in [0.25, 0.3) is 0 Å². The molecule has 1 heteroatoms. The quantitative estimate of drug-likeness (QED) is 0.281. The fourth-order valence-electron chi connectivity index (χ4n) is 4.41. The van der Waals surface area contributed by atoms with Crippen molar-refractivity contribution in [1.82, 2.24) is 4.98 Å². The van der Waals surface area contributed by atoms with Crippen LogP contribution in [0.3, 0.4) is 0 Å². The van der Waals surface area contributed by atoms with Gasteiger partial charge in [-0.25, -0.2) is 0 Å². The predicted molar refractivity (Wildman–Crippen MR) is 120 cm³/mol. The van der Waals surface area contributed by atoms with Crippen molar-refractivity contribution in [3.05, 3.63) is 103 Å². The normalized spacial score (nSPS) is 11.6. The first-order valence-corrected chi connectivity index (χ1v) is 9.57. The molecule has 28 heavy (non-hydrogen) atoms. The van der Waals surface area contributed by atoms with E-state index < -0.39 is 0 Å². The van der Waals surface area contributed by atoms with Crippen molar-refractivity contribution in [2.24, 2.45) is 0 Å². The van der Waals surface area contributed by atoms with Crippen LogP contribution in [0, 0.1) is 0 Å². The lowest BCUT2D eigenvalue weighted by atomic mass is 9.91. The van der Waals surface area contributed by atoms with Gasteiger partial charge < -0.3 is 0 Å². The molecule has 0 amide bonds. The molecule has 0 saturated heterocycles. The summed E-state index contributed by atoms with van der Waals surface area (Å²) in [6, 6.07) is 34.7. The van der Waals surface area contributed by atoms with Crippen molar-refractivity contribution < 1.29 is 0 Å². The summed E-state index contributed by atoms with van der Waals surface area (Å²) in [5.41, 5.74) is 2.20. The standard InChI is InChI=1S/C27H17N/c1-2-8-19-18(7-1)12-13-23-22(19)14-15-24-20-9-3-4-10-21(20)26(17-25(23)24)27-11-5-6-16-28-27/h1-17H. The van der Waals surface area contributed by atoms with Gasteiger partial charge in [-0.2, -0.15) is 0 Å². The Labute approximate surface area is 162 Å². The molecule has 6 rings (SSSR count). The van der Waals surface area contributed by atoms with E-state index in [0.717, 1.165) is 5.69 Å². The molecule has 0 unspecified atom stereocenters. The highest BCUT2D eigenvalue weighted by atomic mass is 14.7. The van der Waals surface area contributed by atoms with Crippen LogP contribution in [0.25, 0.3) is 54.3 Å². The van der Waals surface area contributed by atoms with E-state index in [1.165, 1.54) is 48.7 Å². The third kappa shape index (κ3) is 2.17. The van der Waals surface area contributed by atoms with Gasteiger partial charge >= 0.3 is 0 Å². The molecule has 0 radical (unpaired) electrons. The van der Waals surface area contributed by atoms with Gasteiger partial charge in [-0.1, -0.05) is 78.9 Å². The van der Waals surface area contributed by atoms with Crippen molar-refractivity contribution in [3.63, 3.8) is 0 Å². The predicted octanol–water partition coefficient (Wildman–Crippen LogP) is 7.36. The largest absolute Gasteiger partial charge is 0.256 e. The number of nitrogens with zero attached hydrogens (tertiary/aromatic N) is 1. The first kappa shape index (κ1) is 15.4. The Bertz CT molecular complexity index is 1500. The lowest BCUT2D eigenvalue weighted by Crippen LogP contribution is -1.88. The fraction of sp³-hybridized carbons (Fsp3) is 0. The molecule has 0 spiro atoms. The summed E-state index contributed by atoms with van der Waals surface area (Å²) >= 11 is 0. The van der Waals surface area contributed by atoms with E-state index in [1.54, 1.807) is 0 Å². The number of hydrogen-bond donors (Lipinski definition) is 0. The number of pyridine rings is 1. The maximum atomic E-state index is 4.64. The lowest BCUT2D eigenvalue weighted by Gasteiger charge is -2.13. The van der Waals surface area contributed by atoms with Crippen LogP contribution in [0.4, 0.5) is 0 Å². The molecule has 0 aliphatic carbocycles. The first-order chi connectivity index (χ1) is 13.9. The minimum atomic E-state index is 1.01. The summed E-state index contributed by atoms with van der Waals surface area (Å²) in [7, 11) is 0. The molecule has 130 valence electrons. The molecule has 0 atom stereocenters. The Morgan fingerprint density at radius 2 is 1.04 bits per heavy atom. The van der Waals surface area contributed by atoms with Crippen molar-refractivity contribution in [2.75, 3.05) is 0 Å². The second kappa shape index (κ2) is 5.90. The Hall–Kier alpha value is -3.71. The van der Waals surface area contributed by atoms with Gasteiger partial charge in [0, 0.05) is 11.8 Å². The van der Waals surface area contributed by atoms with Crippen LogP contribution in [0.5, 0.6) is 0 Å². The van der Waals surface area contributed by atoms with Gasteiger partial charge in [0.2, 0.25) is 0 Å². The third-order valence-electron chi connectivity index (χ3n) is 5.70. The van der Waals surface area contributed by atoms with Crippen molar-refractivity contribution in [2.45, 2.75) is 0 Å². The maximum Gasteiger partial charge on any atom is 0.0708 e. The number of hydrogen-bond acceptors (Lipinski definition) is 1. The highest BCUT2D eigenvalue weighted by Gasteiger charge is 2.12. The van der Waals surface area contributed by atoms with Crippen LogP contribution in [0.1, 0.15) is 0 Å². The topological polar surface area (TPSA) is 12.9 Å². The van der Waals surface area contributed by atoms with Crippen LogP contribution in [-0.4, -0.2) is 4.98 Å². The molecule has 0 aliphatic rings. The van der Waals surface area contributed by atoms with Crippen LogP contribution in [0.15, 0.2) is 103 Å². The van der Waals surface area contributed by atoms with Gasteiger partial charge in [-0.05, 0) is 61.3 Å². The molecule has 6 aromatic rings. The van der Waals surface area contributed by atoms with Crippen LogP contribution >= 0.6 is 0 Å². The smallest absolute Gasteiger partial charge is 0.0708 e. The highest BCUT2D eigenvalue weighted by molar-refractivity contribution is 6.24. The van der Waals surface area contributed by atoms with Crippen molar-refractivity contribution in [3.8, 4) is 11.3 Å². The van der Waals surface area contributed by atoms with Gasteiger partial charge in [0.05, 0.1) is 5.69 Å². The summed E-state index contributed by atoms with van der Waals surface area (Å²) in [4.78, 5) is 4.64. The number of rotatable bonds is 1. The van der Waals surface area contributed by atoms with E-state index in [9.17, 15) is 0 Å². The average molecular weight is 355 g/mol. The molecular weight excluding hydrogens is 338 g/mol. The molecular formula is C27H17N. The Kier molecular flexibility index (Phi) is 3.24. The summed E-state index contributed by atoms with van der Waals surface area (Å²) in [5.74, 6) is 0. The molecule has 1 heterocycles. The minimum Gasteiger partial charge on any atom is -0.256 e. The van der Waals surface area contributed by atoms with Gasteiger partial charge in [0.15, 0.2) is 0 Å². The Morgan fingerprint density at radius 1 is 0.429 bits per heavy atom. The first-order valence-electron chi connectivity index (χ1n) is 9.57. The summed E-state index contributed by atoms with van der Waals surface area (Å²) in [5, 5.41) is 10.3. The molecule has 0 saturated carbocycles. The lowest BCUT2D eigenvalue weighted by molar-refractivity contribution is 1.33. The zero-order valence-electron chi connectivity index (χ0n) is 15.3. The van der Waals surface area contributed by atoms with Crippen LogP contribution in [0.2, 0.25) is 0 Å². The maximum absolute atomic E-state index is 4.64. The number of aromatic nitrogens is 1. The van der Waals surface area contributed by atoms with E-state index in [1.807, 2.05) is 12.3 Å². The molecule has 1 aromatic heterocycles. The monoisotopic (exact) mass is 355 g/mol. The zero-order chi connectivity index (χ0) is 18.5. The number of fused-ring (bicyclic) bond motifs is 7. The van der Waals surface area contributed by atoms with Crippen molar-refractivity contribution >= 4 is 43.1 Å². The highest BCUT2D eigenvalue weighted by Crippen LogP contribution is 2.38. The van der Waals surface area contributed by atoms with E-state index in [2.05, 4.69) is 96.0 Å². The Morgan fingerprint density at radius 3 is 1.82 bits per heavy atom. The summed E-state index contributed by atoms with van der Waals surface area (Å²) in [6.45, 7) is 0. The molecule has 5 aromatic carbocycles. The minimum absolute atomic E-state index is 1.01. The van der Waals surface area contributed by atoms with E-state index in [4.69, 9.17) is 0 Å². The molecule has 0 N–H and O–H groups in total. The number of benzene rings is 5.